The van der Waals surface area contributed by atoms with E-state index in [1.54, 1.807) is 12.3 Å². The molecule has 0 aliphatic carbocycles. The third-order valence-electron chi connectivity index (χ3n) is 2.42. The maximum Gasteiger partial charge on any atom is 0.417 e. The molecule has 2 aromatic heterocycles. The summed E-state index contributed by atoms with van der Waals surface area (Å²) < 4.78 is 37.1. The molecule has 2 heterocycles. The van der Waals surface area contributed by atoms with E-state index in [0.717, 1.165) is 17.8 Å². The Bertz CT molecular complexity index is 536. The van der Waals surface area contributed by atoms with E-state index in [1.807, 2.05) is 0 Å². The van der Waals surface area contributed by atoms with Gasteiger partial charge in [0.05, 0.1) is 11.3 Å². The Balaban J connectivity index is 0.00000180. The molecule has 2 N–H and O–H groups in total. The Morgan fingerprint density at radius 2 is 1.84 bits per heavy atom. The molecule has 3 nitrogen and oxygen atoms in total. The summed E-state index contributed by atoms with van der Waals surface area (Å²) in [5.41, 5.74) is 6.58. The van der Waals surface area contributed by atoms with Gasteiger partial charge in [-0.3, -0.25) is 9.97 Å². The minimum absolute atomic E-state index is 0. The molecule has 0 saturated carbocycles. The highest BCUT2D eigenvalue weighted by molar-refractivity contribution is 5.58. The van der Waals surface area contributed by atoms with Crippen LogP contribution in [-0.4, -0.2) is 9.97 Å². The van der Waals surface area contributed by atoms with Crippen molar-refractivity contribution in [2.24, 2.45) is 5.73 Å². The number of nitrogens with zero attached hydrogens (tertiary/aromatic N) is 2. The number of nitrogens with two attached hydrogens (primary N) is 1. The highest BCUT2D eigenvalue weighted by Gasteiger charge is 2.30. The molecule has 0 radical (unpaired) electrons. The normalized spacial score (nSPS) is 10.9. The van der Waals surface area contributed by atoms with Crippen molar-refractivity contribution < 1.29 is 13.2 Å². The van der Waals surface area contributed by atoms with E-state index in [2.05, 4.69) is 9.97 Å². The van der Waals surface area contributed by atoms with Crippen LogP contribution in [0, 0.1) is 0 Å². The SMILES string of the molecule is C.NCc1cncc(-c2ccc(C(F)(F)F)cn2)c1. The Morgan fingerprint density at radius 3 is 2.37 bits per heavy atom. The Morgan fingerprint density at radius 1 is 1.11 bits per heavy atom. The first-order valence-corrected chi connectivity index (χ1v) is 5.18. The third-order valence-corrected chi connectivity index (χ3v) is 2.42. The van der Waals surface area contributed by atoms with E-state index in [4.69, 9.17) is 5.73 Å². The van der Waals surface area contributed by atoms with Crippen LogP contribution < -0.4 is 5.73 Å². The van der Waals surface area contributed by atoms with Crippen molar-refractivity contribution in [2.75, 3.05) is 0 Å². The molecule has 0 aliphatic heterocycles. The zero-order chi connectivity index (χ0) is 13.2. The predicted octanol–water partition coefficient (Wildman–Crippen LogP) is 3.26. The zero-order valence-electron chi connectivity index (χ0n) is 9.28. The lowest BCUT2D eigenvalue weighted by Gasteiger charge is -2.07. The molecule has 2 aromatic rings. The molecule has 6 heteroatoms. The molecule has 0 unspecified atom stereocenters. The van der Waals surface area contributed by atoms with Gasteiger partial charge in [-0.05, 0) is 23.8 Å². The largest absolute Gasteiger partial charge is 0.417 e. The van der Waals surface area contributed by atoms with E-state index in [-0.39, 0.29) is 7.43 Å². The summed E-state index contributed by atoms with van der Waals surface area (Å²) in [6.45, 7) is 0.321. The molecule has 19 heavy (non-hydrogen) atoms. The van der Waals surface area contributed by atoms with Crippen LogP contribution in [0.2, 0.25) is 0 Å². The molecular formula is C13H14F3N3. The van der Waals surface area contributed by atoms with Gasteiger partial charge in [0, 0.05) is 30.7 Å². The summed E-state index contributed by atoms with van der Waals surface area (Å²) in [6.07, 6.45) is -0.421. The summed E-state index contributed by atoms with van der Waals surface area (Å²) in [6, 6.07) is 4.07. The van der Waals surface area contributed by atoms with Crippen molar-refractivity contribution in [3.05, 3.63) is 47.9 Å². The lowest BCUT2D eigenvalue weighted by atomic mass is 10.1. The van der Waals surface area contributed by atoms with Crippen molar-refractivity contribution in [3.63, 3.8) is 0 Å². The number of hydrogen-bond donors (Lipinski definition) is 1. The molecule has 2 rings (SSSR count). The summed E-state index contributed by atoms with van der Waals surface area (Å²) in [5, 5.41) is 0. The first-order chi connectivity index (χ1) is 8.50. The topological polar surface area (TPSA) is 51.8 Å². The number of alkyl halides is 3. The molecule has 0 amide bonds. The summed E-state index contributed by atoms with van der Waals surface area (Å²) in [4.78, 5) is 7.75. The highest BCUT2D eigenvalue weighted by Crippen LogP contribution is 2.29. The minimum Gasteiger partial charge on any atom is -0.326 e. The van der Waals surface area contributed by atoms with E-state index in [0.29, 0.717) is 17.8 Å². The average molecular weight is 269 g/mol. The fourth-order valence-corrected chi connectivity index (χ4v) is 1.47. The van der Waals surface area contributed by atoms with Crippen LogP contribution in [-0.2, 0) is 12.7 Å². The van der Waals surface area contributed by atoms with E-state index in [9.17, 15) is 13.2 Å². The molecule has 0 spiro atoms. The summed E-state index contributed by atoms with van der Waals surface area (Å²) >= 11 is 0. The van der Waals surface area contributed by atoms with Gasteiger partial charge >= 0.3 is 6.18 Å². The number of pyridine rings is 2. The van der Waals surface area contributed by atoms with Crippen molar-refractivity contribution in [3.8, 4) is 11.3 Å². The summed E-state index contributed by atoms with van der Waals surface area (Å²) in [5.74, 6) is 0. The van der Waals surface area contributed by atoms with Gasteiger partial charge in [-0.1, -0.05) is 7.43 Å². The standard InChI is InChI=1S/C12H10F3N3.CH4/c13-12(14,15)10-1-2-11(18-7-10)9-3-8(4-16)5-17-6-9;/h1-3,5-7H,4,16H2;1H4. The molecular weight excluding hydrogens is 255 g/mol. The molecule has 102 valence electrons. The van der Waals surface area contributed by atoms with Gasteiger partial charge in [-0.15, -0.1) is 0 Å². The van der Waals surface area contributed by atoms with Gasteiger partial charge in [0.2, 0.25) is 0 Å². The van der Waals surface area contributed by atoms with Crippen molar-refractivity contribution in [1.29, 1.82) is 0 Å². The Kier molecular flexibility index (Phi) is 4.61. The van der Waals surface area contributed by atoms with E-state index < -0.39 is 11.7 Å². The number of hydrogen-bond acceptors (Lipinski definition) is 3. The smallest absolute Gasteiger partial charge is 0.326 e. The fourth-order valence-electron chi connectivity index (χ4n) is 1.47. The van der Waals surface area contributed by atoms with Crippen LogP contribution in [0.1, 0.15) is 18.6 Å². The van der Waals surface area contributed by atoms with Gasteiger partial charge in [0.1, 0.15) is 0 Å². The molecule has 0 fully saturated rings. The van der Waals surface area contributed by atoms with Crippen LogP contribution in [0.4, 0.5) is 13.2 Å². The number of rotatable bonds is 2. The van der Waals surface area contributed by atoms with Crippen LogP contribution in [0.3, 0.4) is 0 Å². The van der Waals surface area contributed by atoms with Crippen LogP contribution in [0.15, 0.2) is 36.8 Å². The lowest BCUT2D eigenvalue weighted by Crippen LogP contribution is -2.05. The van der Waals surface area contributed by atoms with Gasteiger partial charge in [0.25, 0.3) is 0 Å². The van der Waals surface area contributed by atoms with Gasteiger partial charge in [0.15, 0.2) is 0 Å². The molecule has 0 aliphatic rings. The van der Waals surface area contributed by atoms with Crippen molar-refractivity contribution in [2.45, 2.75) is 20.1 Å². The predicted molar refractivity (Wildman–Crippen MR) is 67.1 cm³/mol. The second-order valence-electron chi connectivity index (χ2n) is 3.72. The number of halogens is 3. The van der Waals surface area contributed by atoms with Crippen LogP contribution in [0.5, 0.6) is 0 Å². The van der Waals surface area contributed by atoms with Gasteiger partial charge in [-0.2, -0.15) is 13.2 Å². The Labute approximate surface area is 109 Å². The van der Waals surface area contributed by atoms with Gasteiger partial charge < -0.3 is 5.73 Å². The quantitative estimate of drug-likeness (QED) is 0.910. The highest BCUT2D eigenvalue weighted by atomic mass is 19.4. The van der Waals surface area contributed by atoms with Crippen LogP contribution >= 0.6 is 0 Å². The summed E-state index contributed by atoms with van der Waals surface area (Å²) in [7, 11) is 0. The van der Waals surface area contributed by atoms with E-state index >= 15 is 0 Å². The first-order valence-electron chi connectivity index (χ1n) is 5.18. The minimum atomic E-state index is -4.37. The Hall–Kier alpha value is -1.95. The second-order valence-corrected chi connectivity index (χ2v) is 3.72. The molecule has 0 saturated heterocycles. The van der Waals surface area contributed by atoms with Crippen molar-refractivity contribution in [1.82, 2.24) is 9.97 Å². The molecule has 0 bridgehead atoms. The van der Waals surface area contributed by atoms with Gasteiger partial charge in [-0.25, -0.2) is 0 Å². The fraction of sp³-hybridized carbons (Fsp3) is 0.231. The number of aromatic nitrogens is 2. The molecule has 0 atom stereocenters. The third kappa shape index (κ3) is 3.51. The lowest BCUT2D eigenvalue weighted by molar-refractivity contribution is -0.137. The van der Waals surface area contributed by atoms with Crippen molar-refractivity contribution >= 4 is 0 Å². The first kappa shape index (κ1) is 15.1. The van der Waals surface area contributed by atoms with E-state index in [1.165, 1.54) is 12.3 Å². The second kappa shape index (κ2) is 5.79. The zero-order valence-corrected chi connectivity index (χ0v) is 9.28. The average Bonchev–Trinajstić information content (AvgIpc) is 2.38. The molecule has 0 aromatic carbocycles. The van der Waals surface area contributed by atoms with Crippen LogP contribution in [0.25, 0.3) is 11.3 Å². The maximum absolute atomic E-state index is 12.4. The monoisotopic (exact) mass is 269 g/mol. The maximum atomic E-state index is 12.4.